The molecule has 1 aliphatic heterocycles. The van der Waals surface area contributed by atoms with Crippen molar-refractivity contribution in [1.29, 1.82) is 0 Å². The molecule has 1 heterocycles. The third-order valence-electron chi connectivity index (χ3n) is 5.12. The van der Waals surface area contributed by atoms with E-state index in [-0.39, 0.29) is 17.1 Å². The van der Waals surface area contributed by atoms with E-state index < -0.39 is 43.4 Å². The van der Waals surface area contributed by atoms with Crippen LogP contribution in [-0.2, 0) is 14.3 Å². The predicted molar refractivity (Wildman–Crippen MR) is 94.1 cm³/mol. The second-order valence-electron chi connectivity index (χ2n) is 7.92. The van der Waals surface area contributed by atoms with Crippen LogP contribution in [0.25, 0.3) is 0 Å². The molecule has 7 atom stereocenters. The Hall–Kier alpha value is -1.09. The summed E-state index contributed by atoms with van der Waals surface area (Å²) < 4.78 is 11.0. The number of allylic oxidation sites excluding steroid dienone is 3. The van der Waals surface area contributed by atoms with Crippen LogP contribution in [0, 0.1) is 11.3 Å². The van der Waals surface area contributed by atoms with E-state index in [9.17, 15) is 25.2 Å². The van der Waals surface area contributed by atoms with Gasteiger partial charge in [0.05, 0.1) is 12.7 Å². The fourth-order valence-electron chi connectivity index (χ4n) is 3.69. The Labute approximate surface area is 153 Å². The summed E-state index contributed by atoms with van der Waals surface area (Å²) in [5.74, 6) is 0.212. The smallest absolute Gasteiger partial charge is 0.187 e. The zero-order chi connectivity index (χ0) is 19.6. The second-order valence-corrected chi connectivity index (χ2v) is 7.92. The molecule has 1 unspecified atom stereocenters. The number of ketones is 1. The van der Waals surface area contributed by atoms with Crippen LogP contribution >= 0.6 is 0 Å². The first kappa shape index (κ1) is 21.2. The molecule has 148 valence electrons. The molecule has 0 bridgehead atoms. The fourth-order valence-corrected chi connectivity index (χ4v) is 3.69. The minimum absolute atomic E-state index is 0.0843. The highest BCUT2D eigenvalue weighted by Crippen LogP contribution is 2.40. The van der Waals surface area contributed by atoms with Crippen molar-refractivity contribution >= 4 is 5.78 Å². The van der Waals surface area contributed by atoms with Crippen LogP contribution in [0.4, 0.5) is 0 Å². The molecule has 1 saturated heterocycles. The van der Waals surface area contributed by atoms with E-state index in [0.717, 1.165) is 5.57 Å². The van der Waals surface area contributed by atoms with Crippen molar-refractivity contribution in [2.24, 2.45) is 11.3 Å². The largest absolute Gasteiger partial charge is 0.394 e. The standard InChI is InChI=1S/C19H30O7/c1-10-7-12(21)8-19(3,4)13(10)6-5-11(2)25-18-17(24)16(23)15(22)14(9-20)26-18/h5-7,11,13-18,20,22-24H,8-9H2,1-4H3/b6-5+/t11?,13-,14-,15-,16+,17-,18-/m1/s1. The van der Waals surface area contributed by atoms with Crippen LogP contribution in [0.5, 0.6) is 0 Å². The molecule has 2 aliphatic rings. The van der Waals surface area contributed by atoms with Crippen LogP contribution < -0.4 is 0 Å². The van der Waals surface area contributed by atoms with Crippen molar-refractivity contribution in [2.75, 3.05) is 6.61 Å². The molecule has 0 aromatic carbocycles. The molecule has 1 aliphatic carbocycles. The first-order valence-corrected chi connectivity index (χ1v) is 8.92. The van der Waals surface area contributed by atoms with Gasteiger partial charge in [0.1, 0.15) is 24.4 Å². The van der Waals surface area contributed by atoms with Crippen LogP contribution in [0.15, 0.2) is 23.8 Å². The summed E-state index contributed by atoms with van der Waals surface area (Å²) in [5, 5.41) is 38.9. The summed E-state index contributed by atoms with van der Waals surface area (Å²) in [6.07, 6.45) is -0.958. The molecule has 0 amide bonds. The summed E-state index contributed by atoms with van der Waals surface area (Å²) in [5.41, 5.74) is 0.789. The molecule has 4 N–H and O–H groups in total. The van der Waals surface area contributed by atoms with Crippen LogP contribution in [-0.4, -0.2) is 69.6 Å². The predicted octanol–water partition coefficient (Wildman–Crippen LogP) is 0.309. The Balaban J connectivity index is 2.03. The molecule has 0 spiro atoms. The normalized spacial score (nSPS) is 39.1. The minimum atomic E-state index is -1.46. The van der Waals surface area contributed by atoms with Crippen molar-refractivity contribution in [1.82, 2.24) is 0 Å². The molecule has 0 aromatic rings. The van der Waals surface area contributed by atoms with E-state index in [4.69, 9.17) is 9.47 Å². The monoisotopic (exact) mass is 370 g/mol. The number of hydrogen-bond donors (Lipinski definition) is 4. The second kappa shape index (κ2) is 8.29. The Bertz CT molecular complexity index is 566. The first-order valence-electron chi connectivity index (χ1n) is 8.92. The number of aliphatic hydroxyl groups excluding tert-OH is 4. The van der Waals surface area contributed by atoms with Gasteiger partial charge >= 0.3 is 0 Å². The molecule has 2 rings (SSSR count). The fraction of sp³-hybridized carbons (Fsp3) is 0.737. The van der Waals surface area contributed by atoms with E-state index >= 15 is 0 Å². The zero-order valence-corrected chi connectivity index (χ0v) is 15.7. The van der Waals surface area contributed by atoms with Crippen molar-refractivity contribution in [3.05, 3.63) is 23.8 Å². The lowest BCUT2D eigenvalue weighted by Gasteiger charge is -2.40. The molecular weight excluding hydrogens is 340 g/mol. The summed E-state index contributed by atoms with van der Waals surface area (Å²) in [7, 11) is 0. The zero-order valence-electron chi connectivity index (χ0n) is 15.7. The topological polar surface area (TPSA) is 116 Å². The lowest BCUT2D eigenvalue weighted by atomic mass is 9.68. The van der Waals surface area contributed by atoms with E-state index in [2.05, 4.69) is 0 Å². The number of hydrogen-bond acceptors (Lipinski definition) is 7. The highest BCUT2D eigenvalue weighted by Gasteiger charge is 2.44. The van der Waals surface area contributed by atoms with Gasteiger partial charge < -0.3 is 29.9 Å². The SMILES string of the molecule is CC1=CC(=O)CC(C)(C)[C@@H]1/C=C/C(C)O[C@@H]1O[C@H](CO)[C@@H](O)[C@H](O)[C@H]1O. The lowest BCUT2D eigenvalue weighted by Crippen LogP contribution is -2.59. The quantitative estimate of drug-likeness (QED) is 0.515. The maximum absolute atomic E-state index is 11.8. The molecule has 0 radical (unpaired) electrons. The van der Waals surface area contributed by atoms with Gasteiger partial charge in [0.15, 0.2) is 12.1 Å². The van der Waals surface area contributed by atoms with Crippen LogP contribution in [0.1, 0.15) is 34.1 Å². The molecule has 1 fully saturated rings. The molecule has 7 nitrogen and oxygen atoms in total. The van der Waals surface area contributed by atoms with E-state index in [1.807, 2.05) is 32.9 Å². The third-order valence-corrected chi connectivity index (χ3v) is 5.12. The van der Waals surface area contributed by atoms with Gasteiger partial charge in [-0.15, -0.1) is 0 Å². The lowest BCUT2D eigenvalue weighted by molar-refractivity contribution is -0.306. The number of ether oxygens (including phenoxy) is 2. The Morgan fingerprint density at radius 1 is 1.31 bits per heavy atom. The highest BCUT2D eigenvalue weighted by molar-refractivity contribution is 5.92. The van der Waals surface area contributed by atoms with E-state index in [1.165, 1.54) is 0 Å². The first-order chi connectivity index (χ1) is 12.1. The highest BCUT2D eigenvalue weighted by atomic mass is 16.7. The Morgan fingerprint density at radius 3 is 2.54 bits per heavy atom. The number of carbonyl (C=O) groups is 1. The van der Waals surface area contributed by atoms with Gasteiger partial charge in [-0.05, 0) is 25.3 Å². The number of rotatable bonds is 5. The average molecular weight is 370 g/mol. The molecule has 0 aromatic heterocycles. The van der Waals surface area contributed by atoms with Crippen molar-refractivity contribution in [3.8, 4) is 0 Å². The van der Waals surface area contributed by atoms with Crippen molar-refractivity contribution < 1.29 is 34.7 Å². The minimum Gasteiger partial charge on any atom is -0.394 e. The van der Waals surface area contributed by atoms with Crippen LogP contribution in [0.2, 0.25) is 0 Å². The van der Waals surface area contributed by atoms with E-state index in [0.29, 0.717) is 6.42 Å². The maximum Gasteiger partial charge on any atom is 0.187 e. The number of carbonyl (C=O) groups excluding carboxylic acids is 1. The molecular formula is C19H30O7. The van der Waals surface area contributed by atoms with Gasteiger partial charge in [0.25, 0.3) is 0 Å². The Morgan fingerprint density at radius 2 is 1.96 bits per heavy atom. The van der Waals surface area contributed by atoms with E-state index in [1.54, 1.807) is 13.0 Å². The van der Waals surface area contributed by atoms with Crippen molar-refractivity contribution in [2.45, 2.75) is 70.9 Å². The van der Waals surface area contributed by atoms with Gasteiger partial charge in [0, 0.05) is 12.3 Å². The number of aliphatic hydroxyl groups is 4. The molecule has 0 saturated carbocycles. The van der Waals surface area contributed by atoms with Gasteiger partial charge in [-0.2, -0.15) is 0 Å². The van der Waals surface area contributed by atoms with Gasteiger partial charge in [-0.3, -0.25) is 4.79 Å². The average Bonchev–Trinajstić information content (AvgIpc) is 2.53. The van der Waals surface area contributed by atoms with Crippen molar-refractivity contribution in [3.63, 3.8) is 0 Å². The van der Waals surface area contributed by atoms with Gasteiger partial charge in [-0.1, -0.05) is 31.6 Å². The molecule has 26 heavy (non-hydrogen) atoms. The molecule has 7 heteroatoms. The van der Waals surface area contributed by atoms with Gasteiger partial charge in [-0.25, -0.2) is 0 Å². The summed E-state index contributed by atoms with van der Waals surface area (Å²) in [4.78, 5) is 11.8. The maximum atomic E-state index is 11.8. The van der Waals surface area contributed by atoms with Gasteiger partial charge in [0.2, 0.25) is 0 Å². The third kappa shape index (κ3) is 4.60. The van der Waals surface area contributed by atoms with Crippen LogP contribution in [0.3, 0.4) is 0 Å². The summed E-state index contributed by atoms with van der Waals surface area (Å²) >= 11 is 0. The summed E-state index contributed by atoms with van der Waals surface area (Å²) in [6.45, 7) is 7.28. The Kier molecular flexibility index (Phi) is 6.76. The summed E-state index contributed by atoms with van der Waals surface area (Å²) in [6, 6.07) is 0.